The van der Waals surface area contributed by atoms with E-state index in [1.54, 1.807) is 0 Å². The van der Waals surface area contributed by atoms with Gasteiger partial charge in [-0.25, -0.2) is 0 Å². The van der Waals surface area contributed by atoms with Gasteiger partial charge in [0.15, 0.2) is 6.10 Å². The third-order valence-electron chi connectivity index (χ3n) is 10.6. The Balaban J connectivity index is 4.36. The molecule has 332 valence electrons. The number of esters is 3. The summed E-state index contributed by atoms with van der Waals surface area (Å²) >= 11 is 0. The molecule has 0 fully saturated rings. The van der Waals surface area contributed by atoms with Crippen LogP contribution in [-0.4, -0.2) is 37.2 Å². The first kappa shape index (κ1) is 54.6. The van der Waals surface area contributed by atoms with Crippen LogP contribution in [0.4, 0.5) is 0 Å². The molecule has 0 bridgehead atoms. The van der Waals surface area contributed by atoms with Crippen molar-refractivity contribution in [2.75, 3.05) is 13.2 Å². The Bertz CT molecular complexity index is 969. The molecule has 0 heterocycles. The fourth-order valence-corrected chi connectivity index (χ4v) is 6.88. The molecule has 0 rings (SSSR count). The summed E-state index contributed by atoms with van der Waals surface area (Å²) < 4.78 is 16.7. The van der Waals surface area contributed by atoms with Crippen LogP contribution in [0.5, 0.6) is 0 Å². The van der Waals surface area contributed by atoms with E-state index < -0.39 is 6.10 Å². The first-order chi connectivity index (χ1) is 28.0. The van der Waals surface area contributed by atoms with Crippen LogP contribution in [0.25, 0.3) is 0 Å². The minimum absolute atomic E-state index is 0.0785. The number of ether oxygens (including phenoxy) is 3. The highest BCUT2D eigenvalue weighted by atomic mass is 16.6. The Morgan fingerprint density at radius 2 is 0.632 bits per heavy atom. The van der Waals surface area contributed by atoms with Crippen molar-refractivity contribution in [2.24, 2.45) is 0 Å². The van der Waals surface area contributed by atoms with Gasteiger partial charge >= 0.3 is 17.9 Å². The van der Waals surface area contributed by atoms with Crippen molar-refractivity contribution < 1.29 is 28.6 Å². The van der Waals surface area contributed by atoms with Gasteiger partial charge in [-0.1, -0.05) is 192 Å². The summed E-state index contributed by atoms with van der Waals surface area (Å²) in [5.74, 6) is -0.898. The largest absolute Gasteiger partial charge is 0.462 e. The highest BCUT2D eigenvalue weighted by molar-refractivity contribution is 5.71. The second kappa shape index (κ2) is 46.3. The molecule has 0 aromatic rings. The monoisotopic (exact) mass is 801 g/mol. The fourth-order valence-electron chi connectivity index (χ4n) is 6.88. The third kappa shape index (κ3) is 44.6. The molecule has 0 N–H and O–H groups in total. The van der Waals surface area contributed by atoms with Gasteiger partial charge in [-0.3, -0.25) is 14.4 Å². The van der Waals surface area contributed by atoms with Crippen LogP contribution >= 0.6 is 0 Å². The molecule has 1 atom stereocenters. The molecule has 0 spiro atoms. The molecule has 0 aromatic heterocycles. The quantitative estimate of drug-likeness (QED) is 0.0264. The second-order valence-electron chi connectivity index (χ2n) is 16.4. The van der Waals surface area contributed by atoms with Gasteiger partial charge in [0.1, 0.15) is 13.2 Å². The lowest BCUT2D eigenvalue weighted by molar-refractivity contribution is -0.167. The maximum Gasteiger partial charge on any atom is 0.306 e. The average molecular weight is 801 g/mol. The van der Waals surface area contributed by atoms with E-state index in [4.69, 9.17) is 14.2 Å². The van der Waals surface area contributed by atoms with Crippen LogP contribution in [0.1, 0.15) is 252 Å². The molecule has 0 amide bonds. The number of rotatable bonds is 44. The van der Waals surface area contributed by atoms with Crippen molar-refractivity contribution in [1.29, 1.82) is 0 Å². The van der Waals surface area contributed by atoms with E-state index in [9.17, 15) is 14.4 Å². The van der Waals surface area contributed by atoms with E-state index in [1.165, 1.54) is 122 Å². The Morgan fingerprint density at radius 3 is 1.02 bits per heavy atom. The van der Waals surface area contributed by atoms with Gasteiger partial charge in [0.25, 0.3) is 0 Å². The second-order valence-corrected chi connectivity index (χ2v) is 16.4. The number of hydrogen-bond acceptors (Lipinski definition) is 6. The van der Waals surface area contributed by atoms with E-state index >= 15 is 0 Å². The molecule has 1 unspecified atom stereocenters. The average Bonchev–Trinajstić information content (AvgIpc) is 3.21. The Labute approximate surface area is 353 Å². The van der Waals surface area contributed by atoms with Crippen molar-refractivity contribution in [3.63, 3.8) is 0 Å². The summed E-state index contributed by atoms with van der Waals surface area (Å²) in [6.07, 6.45) is 52.7. The summed E-state index contributed by atoms with van der Waals surface area (Å²) in [4.78, 5) is 37.8. The molecule has 0 aliphatic rings. The molecule has 0 saturated heterocycles. The molecule has 6 nitrogen and oxygen atoms in total. The van der Waals surface area contributed by atoms with Gasteiger partial charge in [0, 0.05) is 19.3 Å². The van der Waals surface area contributed by atoms with Gasteiger partial charge in [0.2, 0.25) is 0 Å². The summed E-state index contributed by atoms with van der Waals surface area (Å²) in [7, 11) is 0. The van der Waals surface area contributed by atoms with Crippen LogP contribution in [-0.2, 0) is 28.6 Å². The van der Waals surface area contributed by atoms with Crippen LogP contribution in [0.15, 0.2) is 36.5 Å². The summed E-state index contributed by atoms with van der Waals surface area (Å²) in [6, 6.07) is 0. The minimum atomic E-state index is -0.777. The molecule has 0 saturated carbocycles. The molecule has 0 aromatic carbocycles. The number of unbranched alkanes of at least 4 members (excludes halogenated alkanes) is 27. The topological polar surface area (TPSA) is 78.9 Å². The van der Waals surface area contributed by atoms with Gasteiger partial charge in [-0.05, 0) is 77.0 Å². The molecule has 57 heavy (non-hydrogen) atoms. The van der Waals surface area contributed by atoms with Gasteiger partial charge < -0.3 is 14.2 Å². The molecule has 0 radical (unpaired) electrons. The molecule has 0 aliphatic heterocycles. The van der Waals surface area contributed by atoms with Crippen molar-refractivity contribution in [3.8, 4) is 0 Å². The minimum Gasteiger partial charge on any atom is -0.462 e. The first-order valence-corrected chi connectivity index (χ1v) is 24.5. The van der Waals surface area contributed by atoms with Crippen molar-refractivity contribution in [1.82, 2.24) is 0 Å². The normalized spacial score (nSPS) is 12.3. The lowest BCUT2D eigenvalue weighted by Crippen LogP contribution is -2.30. The molecular weight excluding hydrogens is 709 g/mol. The zero-order valence-electron chi connectivity index (χ0n) is 37.9. The van der Waals surface area contributed by atoms with Crippen molar-refractivity contribution in [3.05, 3.63) is 36.5 Å². The van der Waals surface area contributed by atoms with E-state index in [2.05, 4.69) is 57.2 Å². The van der Waals surface area contributed by atoms with Crippen LogP contribution in [0.3, 0.4) is 0 Å². The smallest absolute Gasteiger partial charge is 0.306 e. The van der Waals surface area contributed by atoms with Crippen LogP contribution in [0.2, 0.25) is 0 Å². The summed E-state index contributed by atoms with van der Waals surface area (Å²) in [5.41, 5.74) is 0. The number of allylic oxidation sites excluding steroid dienone is 6. The number of carbonyl (C=O) groups is 3. The van der Waals surface area contributed by atoms with E-state index in [0.29, 0.717) is 19.3 Å². The standard InChI is InChI=1S/C51H92O6/c1-4-7-10-13-16-19-21-23-25-27-29-32-35-38-41-44-50(53)56-47-48(46-55-49(52)43-40-37-34-31-18-15-12-9-6-3)57-51(54)45-42-39-36-33-30-28-26-24-22-20-17-14-11-8-5-2/h17,20,23-26,48H,4-16,18-19,21-22,27-47H2,1-3H3/b20-17+,25-23+,26-24+. The molecule has 0 aliphatic carbocycles. The van der Waals surface area contributed by atoms with Gasteiger partial charge in [0.05, 0.1) is 0 Å². The van der Waals surface area contributed by atoms with Crippen LogP contribution < -0.4 is 0 Å². The van der Waals surface area contributed by atoms with Crippen molar-refractivity contribution in [2.45, 2.75) is 258 Å². The van der Waals surface area contributed by atoms with E-state index in [0.717, 1.165) is 89.9 Å². The first-order valence-electron chi connectivity index (χ1n) is 24.5. The number of carbonyl (C=O) groups excluding carboxylic acids is 3. The highest BCUT2D eigenvalue weighted by Gasteiger charge is 2.19. The van der Waals surface area contributed by atoms with Gasteiger partial charge in [-0.2, -0.15) is 0 Å². The predicted molar refractivity (Wildman–Crippen MR) is 242 cm³/mol. The maximum atomic E-state index is 12.7. The van der Waals surface area contributed by atoms with Crippen molar-refractivity contribution >= 4 is 17.9 Å². The maximum absolute atomic E-state index is 12.7. The molecular formula is C51H92O6. The highest BCUT2D eigenvalue weighted by Crippen LogP contribution is 2.14. The third-order valence-corrected chi connectivity index (χ3v) is 10.6. The zero-order valence-corrected chi connectivity index (χ0v) is 37.9. The summed E-state index contributed by atoms with van der Waals surface area (Å²) in [5, 5.41) is 0. The molecule has 6 heteroatoms. The number of hydrogen-bond donors (Lipinski definition) is 0. The SMILES string of the molecule is CCCCC/C=C/C/C=C/CCCCCCCC(=O)OC(COC(=O)CCCCCCC/C=C/CCCCCCCC)COC(=O)CCCCCCCCCCC. The van der Waals surface area contributed by atoms with Crippen LogP contribution in [0, 0.1) is 0 Å². The van der Waals surface area contributed by atoms with E-state index in [-0.39, 0.29) is 31.1 Å². The summed E-state index contributed by atoms with van der Waals surface area (Å²) in [6.45, 7) is 6.57. The Kier molecular flexibility index (Phi) is 44.4. The fraction of sp³-hybridized carbons (Fsp3) is 0.824. The van der Waals surface area contributed by atoms with E-state index in [1.807, 2.05) is 0 Å². The Hall–Kier alpha value is -2.37. The lowest BCUT2D eigenvalue weighted by atomic mass is 10.1. The predicted octanol–water partition coefficient (Wildman–Crippen LogP) is 15.8. The lowest BCUT2D eigenvalue weighted by Gasteiger charge is -2.18. The zero-order chi connectivity index (χ0) is 41.5. The van der Waals surface area contributed by atoms with Gasteiger partial charge in [-0.15, -0.1) is 0 Å². The Morgan fingerprint density at radius 1 is 0.351 bits per heavy atom.